The molecule has 11 atom stereocenters. The van der Waals surface area contributed by atoms with Crippen LogP contribution in [0.15, 0.2) is 0 Å². The van der Waals surface area contributed by atoms with Crippen molar-refractivity contribution < 1.29 is 64.0 Å². The summed E-state index contributed by atoms with van der Waals surface area (Å²) in [5, 5.41) is 64.4. The van der Waals surface area contributed by atoms with Gasteiger partial charge < -0.3 is 60.2 Å². The third-order valence-corrected chi connectivity index (χ3v) is 5.47. The van der Waals surface area contributed by atoms with Crippen LogP contribution in [-0.4, -0.2) is 129 Å². The molecule has 0 unspecified atom stereocenters. The largest absolute Gasteiger partial charge is 0.479 e. The maximum absolute atomic E-state index is 11.7. The number of hydrogen-bond donors (Lipinski definition) is 8. The lowest BCUT2D eigenvalue weighted by molar-refractivity contribution is -0.333. The first-order chi connectivity index (χ1) is 15.9. The Labute approximate surface area is 194 Å². The van der Waals surface area contributed by atoms with Crippen LogP contribution < -0.4 is 10.6 Å². The van der Waals surface area contributed by atoms with Gasteiger partial charge in [0.2, 0.25) is 11.8 Å². The molecule has 0 aromatic rings. The van der Waals surface area contributed by atoms with Crippen LogP contribution >= 0.6 is 0 Å². The van der Waals surface area contributed by atoms with Crippen LogP contribution in [0.2, 0.25) is 0 Å². The number of amides is 2. The molecule has 0 saturated carbocycles. The predicted octanol–water partition coefficient (Wildman–Crippen LogP) is -4.61. The van der Waals surface area contributed by atoms with E-state index in [2.05, 4.69) is 10.6 Å². The summed E-state index contributed by atoms with van der Waals surface area (Å²) in [6.45, 7) is 2.00. The van der Waals surface area contributed by atoms with Gasteiger partial charge in [-0.3, -0.25) is 9.59 Å². The summed E-state index contributed by atoms with van der Waals surface area (Å²) in [5.41, 5.74) is 0. The molecule has 0 bridgehead atoms. The van der Waals surface area contributed by atoms with E-state index in [0.717, 1.165) is 13.8 Å². The Hall–Kier alpha value is -1.95. The number of aliphatic hydroxyl groups excluding tert-OH is 5. The number of nitrogens with one attached hydrogen (secondary N) is 2. The molecule has 2 aliphatic heterocycles. The maximum atomic E-state index is 11.7. The lowest BCUT2D eigenvalue weighted by Gasteiger charge is -2.48. The number of carboxylic acids is 1. The number of carbonyl (C=O) groups excluding carboxylic acids is 2. The van der Waals surface area contributed by atoms with Crippen molar-refractivity contribution >= 4 is 17.8 Å². The average molecular weight is 496 g/mol. The fraction of sp³-hybridized carbons (Fsp3) is 0.842. The van der Waals surface area contributed by atoms with Crippen LogP contribution in [0.25, 0.3) is 0 Å². The van der Waals surface area contributed by atoms with Crippen molar-refractivity contribution in [1.82, 2.24) is 10.6 Å². The van der Waals surface area contributed by atoms with Crippen LogP contribution in [-0.2, 0) is 33.3 Å². The molecule has 0 radical (unpaired) electrons. The van der Waals surface area contributed by atoms with E-state index in [4.69, 9.17) is 18.9 Å². The van der Waals surface area contributed by atoms with Crippen LogP contribution in [0.3, 0.4) is 0 Å². The maximum Gasteiger partial charge on any atom is 0.332 e. The number of aliphatic carboxylic acids is 1. The Morgan fingerprint density at radius 1 is 0.882 bits per heavy atom. The number of ether oxygens (including phenoxy) is 4. The minimum atomic E-state index is -1.72. The highest BCUT2D eigenvalue weighted by atomic mass is 16.7. The third kappa shape index (κ3) is 6.59. The van der Waals surface area contributed by atoms with Gasteiger partial charge in [-0.25, -0.2) is 4.79 Å². The second-order valence-electron chi connectivity index (χ2n) is 8.09. The zero-order chi connectivity index (χ0) is 25.7. The molecule has 0 aromatic carbocycles. The molecule has 2 saturated heterocycles. The van der Waals surface area contributed by atoms with E-state index in [1.807, 2.05) is 0 Å². The van der Waals surface area contributed by atoms with E-state index in [0.29, 0.717) is 0 Å². The molecule has 2 rings (SSSR count). The number of carboxylic acid groups (broad SMARTS) is 1. The van der Waals surface area contributed by atoms with Gasteiger partial charge in [0.1, 0.15) is 48.7 Å². The molecule has 2 aliphatic rings. The fourth-order valence-corrected chi connectivity index (χ4v) is 3.82. The van der Waals surface area contributed by atoms with Gasteiger partial charge >= 0.3 is 5.97 Å². The molecule has 15 nitrogen and oxygen atoms in total. The quantitative estimate of drug-likeness (QED) is 0.150. The SMILES string of the molecule is CC(=O)N[C@H]1[C@H](O[C@H]2[C@H](O[C@@H](C)C(=O)O)[C@H](NC(C)=O)[C@H](O)O[C@@H]2CO)O[C@@H](CO)[C@@H](O)[C@H]1O. The molecule has 196 valence electrons. The first-order valence-corrected chi connectivity index (χ1v) is 10.6. The van der Waals surface area contributed by atoms with Gasteiger partial charge in [-0.15, -0.1) is 0 Å². The molecular weight excluding hydrogens is 464 g/mol. The Morgan fingerprint density at radius 2 is 1.44 bits per heavy atom. The molecule has 2 fully saturated rings. The molecule has 0 aliphatic carbocycles. The van der Waals surface area contributed by atoms with E-state index in [9.17, 15) is 45.0 Å². The van der Waals surface area contributed by atoms with Gasteiger partial charge in [0.25, 0.3) is 0 Å². The fourth-order valence-electron chi connectivity index (χ4n) is 3.82. The summed E-state index contributed by atoms with van der Waals surface area (Å²) in [7, 11) is 0. The Kier molecular flexibility index (Phi) is 10.1. The van der Waals surface area contributed by atoms with Crippen LogP contribution in [0, 0.1) is 0 Å². The summed E-state index contributed by atoms with van der Waals surface area (Å²) in [4.78, 5) is 34.8. The molecule has 8 N–H and O–H groups in total. The summed E-state index contributed by atoms with van der Waals surface area (Å²) >= 11 is 0. The molecule has 15 heteroatoms. The van der Waals surface area contributed by atoms with E-state index in [1.54, 1.807) is 0 Å². The molecule has 34 heavy (non-hydrogen) atoms. The van der Waals surface area contributed by atoms with Crippen LogP contribution in [0.1, 0.15) is 20.8 Å². The standard InChI is InChI=1S/C19H32N2O13/c1-6(17(28)29)31-16-12(21-8(3)25)18(30)32-10(5-23)15(16)34-19-11(20-7(2)24)14(27)13(26)9(4-22)33-19/h6,9-16,18-19,22-23,26-27,30H,4-5H2,1-3H3,(H,20,24)(H,21,25)(H,28,29)/t6-,9-,10+,11+,12-,13+,14-,15+,16+,18+,19-/m0/s1. The van der Waals surface area contributed by atoms with Crippen molar-refractivity contribution in [3.63, 3.8) is 0 Å². The molecular formula is C19H32N2O13. The Morgan fingerprint density at radius 3 is 1.94 bits per heavy atom. The van der Waals surface area contributed by atoms with Crippen molar-refractivity contribution in [1.29, 1.82) is 0 Å². The summed E-state index contributed by atoms with van der Waals surface area (Å²) in [6.07, 6.45) is -13.5. The zero-order valence-electron chi connectivity index (χ0n) is 18.8. The van der Waals surface area contributed by atoms with Crippen LogP contribution in [0.4, 0.5) is 0 Å². The summed E-state index contributed by atoms with van der Waals surface area (Å²) in [6, 6.07) is -2.71. The van der Waals surface area contributed by atoms with Crippen molar-refractivity contribution in [2.75, 3.05) is 13.2 Å². The summed E-state index contributed by atoms with van der Waals surface area (Å²) < 4.78 is 22.3. The molecule has 0 aromatic heterocycles. The normalized spacial score (nSPS) is 39.2. The van der Waals surface area contributed by atoms with Gasteiger partial charge in [-0.1, -0.05) is 0 Å². The highest BCUT2D eigenvalue weighted by Gasteiger charge is 2.52. The Balaban J connectivity index is 2.44. The molecule has 0 spiro atoms. The van der Waals surface area contributed by atoms with Crippen molar-refractivity contribution in [3.05, 3.63) is 0 Å². The monoisotopic (exact) mass is 496 g/mol. The lowest BCUT2D eigenvalue weighted by atomic mass is 9.94. The minimum Gasteiger partial charge on any atom is -0.479 e. The van der Waals surface area contributed by atoms with E-state index >= 15 is 0 Å². The van der Waals surface area contributed by atoms with E-state index < -0.39 is 98.4 Å². The van der Waals surface area contributed by atoms with Gasteiger partial charge in [-0.2, -0.15) is 0 Å². The van der Waals surface area contributed by atoms with E-state index in [-0.39, 0.29) is 0 Å². The first kappa shape index (κ1) is 28.3. The van der Waals surface area contributed by atoms with Gasteiger partial charge in [-0.05, 0) is 6.92 Å². The minimum absolute atomic E-state index is 0.616. The van der Waals surface area contributed by atoms with Gasteiger partial charge in [0.15, 0.2) is 18.7 Å². The summed E-state index contributed by atoms with van der Waals surface area (Å²) in [5.74, 6) is -2.60. The topological polar surface area (TPSA) is 234 Å². The van der Waals surface area contributed by atoms with Gasteiger partial charge in [0, 0.05) is 13.8 Å². The third-order valence-electron chi connectivity index (χ3n) is 5.47. The van der Waals surface area contributed by atoms with Crippen molar-refractivity contribution in [3.8, 4) is 0 Å². The highest BCUT2D eigenvalue weighted by Crippen LogP contribution is 2.30. The van der Waals surface area contributed by atoms with Crippen molar-refractivity contribution in [2.24, 2.45) is 0 Å². The van der Waals surface area contributed by atoms with Crippen LogP contribution in [0.5, 0.6) is 0 Å². The van der Waals surface area contributed by atoms with Gasteiger partial charge in [0.05, 0.1) is 13.2 Å². The lowest BCUT2D eigenvalue weighted by Crippen LogP contribution is -2.69. The smallest absolute Gasteiger partial charge is 0.332 e. The number of aliphatic hydroxyl groups is 5. The first-order valence-electron chi connectivity index (χ1n) is 10.6. The predicted molar refractivity (Wildman–Crippen MR) is 108 cm³/mol. The highest BCUT2D eigenvalue weighted by molar-refractivity contribution is 5.74. The number of carbonyl (C=O) groups is 3. The Bertz CT molecular complexity index is 724. The van der Waals surface area contributed by atoms with E-state index in [1.165, 1.54) is 6.92 Å². The molecule has 2 amide bonds. The molecule has 2 heterocycles. The number of hydrogen-bond acceptors (Lipinski definition) is 12. The zero-order valence-corrected chi connectivity index (χ0v) is 18.8. The average Bonchev–Trinajstić information content (AvgIpc) is 2.76. The number of rotatable bonds is 9. The second-order valence-corrected chi connectivity index (χ2v) is 8.09. The second kappa shape index (κ2) is 12.1. The van der Waals surface area contributed by atoms with Crippen molar-refractivity contribution in [2.45, 2.75) is 88.2 Å².